The zero-order chi connectivity index (χ0) is 24.8. The molecule has 0 spiro atoms. The molecule has 1 aliphatic heterocycles. The molecule has 0 aromatic carbocycles. The molecule has 7 heteroatoms. The maximum Gasteiger partial charge on any atom is 0.307 e. The molecule has 0 atom stereocenters. The molecule has 1 saturated carbocycles. The first kappa shape index (κ1) is 25.4. The summed E-state index contributed by atoms with van der Waals surface area (Å²) in [5, 5.41) is 9.59. The molecule has 0 radical (unpaired) electrons. The summed E-state index contributed by atoms with van der Waals surface area (Å²) < 4.78 is 11.8. The van der Waals surface area contributed by atoms with Gasteiger partial charge in [-0.2, -0.15) is 0 Å². The highest BCUT2D eigenvalue weighted by atomic mass is 16.5. The van der Waals surface area contributed by atoms with Gasteiger partial charge in [0.1, 0.15) is 12.4 Å². The lowest BCUT2D eigenvalue weighted by Gasteiger charge is -2.40. The summed E-state index contributed by atoms with van der Waals surface area (Å²) in [5.41, 5.74) is 4.43. The number of aromatic nitrogens is 2. The Balaban J connectivity index is 1.49. The largest absolute Gasteiger partial charge is 0.490 e. The van der Waals surface area contributed by atoms with E-state index in [0.29, 0.717) is 30.5 Å². The highest BCUT2D eigenvalue weighted by molar-refractivity contribution is 5.83. The zero-order valence-electron chi connectivity index (χ0n) is 21.4. The van der Waals surface area contributed by atoms with Crippen molar-refractivity contribution in [2.24, 2.45) is 5.41 Å². The van der Waals surface area contributed by atoms with E-state index in [9.17, 15) is 9.90 Å². The Labute approximate surface area is 208 Å². The van der Waals surface area contributed by atoms with Crippen LogP contribution in [0.5, 0.6) is 5.75 Å². The third-order valence-corrected chi connectivity index (χ3v) is 7.40. The van der Waals surface area contributed by atoms with Crippen LogP contribution in [0.1, 0.15) is 70.1 Å². The second-order valence-corrected chi connectivity index (χ2v) is 10.7. The van der Waals surface area contributed by atoms with E-state index in [1.165, 1.54) is 19.3 Å². The molecule has 2 fully saturated rings. The number of carbonyl (C=O) groups is 1. The quantitative estimate of drug-likeness (QED) is 0.478. The lowest BCUT2D eigenvalue weighted by Crippen LogP contribution is -2.38. The van der Waals surface area contributed by atoms with E-state index < -0.39 is 5.97 Å². The number of hydrogen-bond donors (Lipinski definition) is 1. The zero-order valence-corrected chi connectivity index (χ0v) is 21.4. The van der Waals surface area contributed by atoms with Gasteiger partial charge in [-0.1, -0.05) is 33.1 Å². The van der Waals surface area contributed by atoms with Crippen molar-refractivity contribution in [2.45, 2.75) is 78.2 Å². The van der Waals surface area contributed by atoms with Gasteiger partial charge in [-0.3, -0.25) is 14.8 Å². The number of ether oxygens (including phenoxy) is 2. The van der Waals surface area contributed by atoms with Crippen LogP contribution in [0, 0.1) is 12.3 Å². The van der Waals surface area contributed by atoms with Gasteiger partial charge in [0.15, 0.2) is 0 Å². The molecule has 0 bridgehead atoms. The Bertz CT molecular complexity index is 990. The average molecular weight is 482 g/mol. The molecular weight excluding hydrogens is 442 g/mol. The van der Waals surface area contributed by atoms with E-state index in [1.54, 1.807) is 6.20 Å². The predicted octanol–water partition coefficient (Wildman–Crippen LogP) is 5.43. The minimum atomic E-state index is -0.849. The smallest absolute Gasteiger partial charge is 0.307 e. The van der Waals surface area contributed by atoms with Crippen molar-refractivity contribution in [2.75, 3.05) is 31.2 Å². The summed E-state index contributed by atoms with van der Waals surface area (Å²) in [6, 6.07) is 3.86. The number of aliphatic carboxylic acids is 1. The number of aryl methyl sites for hydroxylation is 1. The summed E-state index contributed by atoms with van der Waals surface area (Å²) in [4.78, 5) is 23.2. The van der Waals surface area contributed by atoms with E-state index in [4.69, 9.17) is 9.47 Å². The fourth-order valence-corrected chi connectivity index (χ4v) is 5.11. The Kier molecular flexibility index (Phi) is 8.26. The van der Waals surface area contributed by atoms with E-state index in [-0.39, 0.29) is 6.42 Å². The lowest BCUT2D eigenvalue weighted by atomic mass is 9.82. The number of carboxylic acids is 1. The van der Waals surface area contributed by atoms with Gasteiger partial charge >= 0.3 is 5.97 Å². The number of nitrogens with zero attached hydrogens (tertiary/aromatic N) is 3. The molecule has 2 aromatic heterocycles. The number of anilines is 1. The van der Waals surface area contributed by atoms with Crippen molar-refractivity contribution in [1.82, 2.24) is 9.97 Å². The van der Waals surface area contributed by atoms with Crippen LogP contribution in [-0.2, 0) is 16.0 Å². The number of pyridine rings is 2. The van der Waals surface area contributed by atoms with Crippen LogP contribution in [0.3, 0.4) is 0 Å². The number of carboxylic acid groups (broad SMARTS) is 1. The molecule has 190 valence electrons. The molecule has 0 unspecified atom stereocenters. The van der Waals surface area contributed by atoms with Crippen molar-refractivity contribution in [1.29, 1.82) is 0 Å². The monoisotopic (exact) mass is 481 g/mol. The Morgan fingerprint density at radius 3 is 2.49 bits per heavy atom. The number of rotatable bonds is 9. The average Bonchev–Trinajstić information content (AvgIpc) is 2.84. The fraction of sp³-hybridized carbons (Fsp3) is 0.607. The summed E-state index contributed by atoms with van der Waals surface area (Å²) in [7, 11) is 0. The molecular formula is C28H39N3O4. The van der Waals surface area contributed by atoms with Gasteiger partial charge in [0.25, 0.3) is 0 Å². The normalized spacial score (nSPS) is 18.4. The molecule has 3 heterocycles. The van der Waals surface area contributed by atoms with E-state index in [1.807, 2.05) is 25.3 Å². The van der Waals surface area contributed by atoms with Gasteiger partial charge in [-0.05, 0) is 50.2 Å². The van der Waals surface area contributed by atoms with Crippen LogP contribution in [0.25, 0.3) is 11.3 Å². The summed E-state index contributed by atoms with van der Waals surface area (Å²) in [6.45, 7) is 9.34. The van der Waals surface area contributed by atoms with Crippen LogP contribution in [0.4, 0.5) is 5.69 Å². The summed E-state index contributed by atoms with van der Waals surface area (Å²) >= 11 is 0. The highest BCUT2D eigenvalue weighted by Crippen LogP contribution is 2.39. The summed E-state index contributed by atoms with van der Waals surface area (Å²) in [6.07, 6.45) is 12.2. The Hall–Kier alpha value is -2.67. The van der Waals surface area contributed by atoms with E-state index in [0.717, 1.165) is 67.0 Å². The predicted molar refractivity (Wildman–Crippen MR) is 137 cm³/mol. The molecule has 7 nitrogen and oxygen atoms in total. The maximum atomic E-state index is 11.7. The first-order valence-corrected chi connectivity index (χ1v) is 13.0. The molecule has 4 rings (SSSR count). The van der Waals surface area contributed by atoms with Crippen LogP contribution in [-0.4, -0.2) is 53.5 Å². The molecule has 0 amide bonds. The Morgan fingerprint density at radius 2 is 1.83 bits per heavy atom. The van der Waals surface area contributed by atoms with Crippen molar-refractivity contribution in [3.05, 3.63) is 35.8 Å². The van der Waals surface area contributed by atoms with Gasteiger partial charge in [0.05, 0.1) is 36.7 Å². The lowest BCUT2D eigenvalue weighted by molar-refractivity contribution is -0.136. The second-order valence-electron chi connectivity index (χ2n) is 10.7. The topological polar surface area (TPSA) is 84.8 Å². The second kappa shape index (κ2) is 11.4. The minimum absolute atomic E-state index is 0.0515. The third kappa shape index (κ3) is 6.72. The standard InChI is InChI=1S/C28H39N3O4/c1-20-23(17-26(32)33)27(31-13-11-28(2,3)12-14-31)24(19-29-20)25-10-9-22(18-30-25)35-16-15-34-21-7-5-4-6-8-21/h9-10,18-19,21H,4-8,11-17H2,1-3H3,(H,32,33). The third-order valence-electron chi connectivity index (χ3n) is 7.40. The molecule has 1 N–H and O–H groups in total. The van der Waals surface area contributed by atoms with Crippen LogP contribution in [0.2, 0.25) is 0 Å². The molecule has 1 saturated heterocycles. The van der Waals surface area contributed by atoms with Crippen LogP contribution < -0.4 is 9.64 Å². The number of piperidine rings is 1. The fourth-order valence-electron chi connectivity index (χ4n) is 5.11. The van der Waals surface area contributed by atoms with Crippen molar-refractivity contribution in [3.8, 4) is 17.0 Å². The van der Waals surface area contributed by atoms with Crippen LogP contribution >= 0.6 is 0 Å². The van der Waals surface area contributed by atoms with E-state index in [2.05, 4.69) is 28.7 Å². The van der Waals surface area contributed by atoms with Gasteiger partial charge in [-0.25, -0.2) is 0 Å². The van der Waals surface area contributed by atoms with Gasteiger partial charge < -0.3 is 19.5 Å². The van der Waals surface area contributed by atoms with E-state index >= 15 is 0 Å². The number of hydrogen-bond acceptors (Lipinski definition) is 6. The van der Waals surface area contributed by atoms with Crippen LogP contribution in [0.15, 0.2) is 24.5 Å². The first-order valence-electron chi connectivity index (χ1n) is 13.0. The molecule has 35 heavy (non-hydrogen) atoms. The maximum absolute atomic E-state index is 11.7. The summed E-state index contributed by atoms with van der Waals surface area (Å²) in [5.74, 6) is -0.147. The minimum Gasteiger partial charge on any atom is -0.490 e. The Morgan fingerprint density at radius 1 is 1.09 bits per heavy atom. The molecule has 1 aliphatic carbocycles. The molecule has 2 aliphatic rings. The highest BCUT2D eigenvalue weighted by Gasteiger charge is 2.29. The van der Waals surface area contributed by atoms with Crippen molar-refractivity contribution < 1.29 is 19.4 Å². The van der Waals surface area contributed by atoms with Gasteiger partial charge in [-0.15, -0.1) is 0 Å². The van der Waals surface area contributed by atoms with Gasteiger partial charge in [0, 0.05) is 36.1 Å². The SMILES string of the molecule is Cc1ncc(-c2ccc(OCCOC3CCCCC3)cn2)c(N2CCC(C)(C)CC2)c1CC(=O)O. The molecule has 2 aromatic rings. The first-order chi connectivity index (χ1) is 16.8. The van der Waals surface area contributed by atoms with Gasteiger partial charge in [0.2, 0.25) is 0 Å². The van der Waals surface area contributed by atoms with Crippen molar-refractivity contribution in [3.63, 3.8) is 0 Å². The van der Waals surface area contributed by atoms with Crippen molar-refractivity contribution >= 4 is 11.7 Å².